The molecule has 0 saturated heterocycles. The molecule has 0 saturated carbocycles. The summed E-state index contributed by atoms with van der Waals surface area (Å²) in [5, 5.41) is 11.2. The van der Waals surface area contributed by atoms with Crippen molar-refractivity contribution in [2.24, 2.45) is 5.73 Å². The first-order valence-electron chi connectivity index (χ1n) is 5.16. The number of hydrogen-bond donors (Lipinski definition) is 3. The van der Waals surface area contributed by atoms with Gasteiger partial charge in [0.15, 0.2) is 0 Å². The van der Waals surface area contributed by atoms with Crippen molar-refractivity contribution in [1.29, 1.82) is 0 Å². The Balaban J connectivity index is 2.95. The molecular formula is C12H13FN2O3. The van der Waals surface area contributed by atoms with Crippen LogP contribution in [0.3, 0.4) is 0 Å². The standard InChI is InChI=1S/C12H13FN2O3/c1-2-3-9(14)11(16)15-10-6-7(13)4-5-8(10)12(17)18/h2,4-6,9H,1,3,14H2,(H,15,16)(H,17,18). The van der Waals surface area contributed by atoms with E-state index in [0.29, 0.717) is 0 Å². The number of rotatable bonds is 5. The molecule has 0 aliphatic carbocycles. The SMILES string of the molecule is C=CCC(N)C(=O)Nc1cc(F)ccc1C(=O)O. The van der Waals surface area contributed by atoms with Crippen LogP contribution in [0.5, 0.6) is 0 Å². The Morgan fingerprint density at radius 2 is 2.22 bits per heavy atom. The lowest BCUT2D eigenvalue weighted by molar-refractivity contribution is -0.117. The molecule has 1 atom stereocenters. The summed E-state index contributed by atoms with van der Waals surface area (Å²) in [5.41, 5.74) is 5.20. The topological polar surface area (TPSA) is 92.4 Å². The van der Waals surface area contributed by atoms with Crippen LogP contribution in [0, 0.1) is 5.82 Å². The number of carbonyl (C=O) groups excluding carboxylic acids is 1. The van der Waals surface area contributed by atoms with E-state index in [1.807, 2.05) is 0 Å². The van der Waals surface area contributed by atoms with E-state index in [-0.39, 0.29) is 17.7 Å². The lowest BCUT2D eigenvalue weighted by atomic mass is 10.1. The molecule has 0 bridgehead atoms. The van der Waals surface area contributed by atoms with Crippen LogP contribution in [0.4, 0.5) is 10.1 Å². The average Bonchev–Trinajstić information content (AvgIpc) is 2.28. The molecular weight excluding hydrogens is 239 g/mol. The summed E-state index contributed by atoms with van der Waals surface area (Å²) in [6, 6.07) is 2.16. The van der Waals surface area contributed by atoms with Crippen molar-refractivity contribution in [2.45, 2.75) is 12.5 Å². The number of hydrogen-bond acceptors (Lipinski definition) is 3. The summed E-state index contributed by atoms with van der Waals surface area (Å²) in [7, 11) is 0. The number of carboxylic acids is 1. The van der Waals surface area contributed by atoms with E-state index in [1.165, 1.54) is 6.08 Å². The highest BCUT2D eigenvalue weighted by Gasteiger charge is 2.16. The Morgan fingerprint density at radius 3 is 2.78 bits per heavy atom. The first kappa shape index (κ1) is 13.9. The maximum atomic E-state index is 13.0. The van der Waals surface area contributed by atoms with E-state index >= 15 is 0 Å². The molecule has 0 radical (unpaired) electrons. The summed E-state index contributed by atoms with van der Waals surface area (Å²) in [6.07, 6.45) is 1.71. The van der Waals surface area contributed by atoms with Gasteiger partial charge in [0.05, 0.1) is 17.3 Å². The van der Waals surface area contributed by atoms with Crippen LogP contribution < -0.4 is 11.1 Å². The van der Waals surface area contributed by atoms with Crippen molar-refractivity contribution < 1.29 is 19.1 Å². The van der Waals surface area contributed by atoms with E-state index in [2.05, 4.69) is 11.9 Å². The summed E-state index contributed by atoms with van der Waals surface area (Å²) in [4.78, 5) is 22.5. The van der Waals surface area contributed by atoms with Gasteiger partial charge in [0.25, 0.3) is 0 Å². The van der Waals surface area contributed by atoms with E-state index < -0.39 is 23.7 Å². The Labute approximate surface area is 103 Å². The Hall–Kier alpha value is -2.21. The molecule has 96 valence electrons. The molecule has 1 rings (SSSR count). The van der Waals surface area contributed by atoms with Gasteiger partial charge in [-0.15, -0.1) is 6.58 Å². The molecule has 0 aromatic heterocycles. The molecule has 1 amide bonds. The van der Waals surface area contributed by atoms with Crippen LogP contribution in [0.15, 0.2) is 30.9 Å². The van der Waals surface area contributed by atoms with Crippen LogP contribution in [0.2, 0.25) is 0 Å². The number of amides is 1. The summed E-state index contributed by atoms with van der Waals surface area (Å²) >= 11 is 0. The maximum Gasteiger partial charge on any atom is 0.337 e. The zero-order valence-electron chi connectivity index (χ0n) is 9.52. The van der Waals surface area contributed by atoms with Gasteiger partial charge in [-0.3, -0.25) is 4.79 Å². The van der Waals surface area contributed by atoms with Gasteiger partial charge in [0.1, 0.15) is 5.82 Å². The predicted octanol–water partition coefficient (Wildman–Crippen LogP) is 1.37. The molecule has 5 nitrogen and oxygen atoms in total. The molecule has 18 heavy (non-hydrogen) atoms. The number of benzene rings is 1. The van der Waals surface area contributed by atoms with E-state index in [1.54, 1.807) is 0 Å². The third kappa shape index (κ3) is 3.39. The van der Waals surface area contributed by atoms with Crippen LogP contribution in [0.25, 0.3) is 0 Å². The molecule has 1 aromatic carbocycles. The van der Waals surface area contributed by atoms with Gasteiger partial charge in [0.2, 0.25) is 5.91 Å². The van der Waals surface area contributed by atoms with Crippen molar-refractivity contribution in [3.8, 4) is 0 Å². The second-order valence-electron chi connectivity index (χ2n) is 3.62. The highest BCUT2D eigenvalue weighted by molar-refractivity contribution is 6.02. The van der Waals surface area contributed by atoms with Crippen molar-refractivity contribution in [1.82, 2.24) is 0 Å². The predicted molar refractivity (Wildman–Crippen MR) is 64.8 cm³/mol. The zero-order valence-corrected chi connectivity index (χ0v) is 9.52. The summed E-state index contributed by atoms with van der Waals surface area (Å²) in [5.74, 6) is -2.50. The van der Waals surface area contributed by atoms with Crippen LogP contribution in [0.1, 0.15) is 16.8 Å². The Bertz CT molecular complexity index is 488. The van der Waals surface area contributed by atoms with Gasteiger partial charge < -0.3 is 16.2 Å². The third-order valence-electron chi connectivity index (χ3n) is 2.23. The minimum Gasteiger partial charge on any atom is -0.478 e. The van der Waals surface area contributed by atoms with Gasteiger partial charge >= 0.3 is 5.97 Å². The minimum absolute atomic E-state index is 0.119. The fraction of sp³-hybridized carbons (Fsp3) is 0.167. The first-order chi connectivity index (χ1) is 8.45. The average molecular weight is 252 g/mol. The number of carbonyl (C=O) groups is 2. The van der Waals surface area contributed by atoms with E-state index in [4.69, 9.17) is 10.8 Å². The van der Waals surface area contributed by atoms with Crippen LogP contribution >= 0.6 is 0 Å². The fourth-order valence-corrected chi connectivity index (χ4v) is 1.32. The maximum absolute atomic E-state index is 13.0. The number of anilines is 1. The fourth-order valence-electron chi connectivity index (χ4n) is 1.32. The molecule has 4 N–H and O–H groups in total. The van der Waals surface area contributed by atoms with Crippen molar-refractivity contribution >= 4 is 17.6 Å². The monoisotopic (exact) mass is 252 g/mol. The molecule has 1 unspecified atom stereocenters. The van der Waals surface area contributed by atoms with E-state index in [0.717, 1.165) is 18.2 Å². The second kappa shape index (κ2) is 5.92. The molecule has 0 fully saturated rings. The van der Waals surface area contributed by atoms with Crippen molar-refractivity contribution in [3.63, 3.8) is 0 Å². The van der Waals surface area contributed by atoms with E-state index in [9.17, 15) is 14.0 Å². The molecule has 0 heterocycles. The first-order valence-corrected chi connectivity index (χ1v) is 5.16. The Morgan fingerprint density at radius 1 is 1.56 bits per heavy atom. The van der Waals surface area contributed by atoms with Crippen LogP contribution in [-0.4, -0.2) is 23.0 Å². The van der Waals surface area contributed by atoms with Crippen LogP contribution in [-0.2, 0) is 4.79 Å². The van der Waals surface area contributed by atoms with Gasteiger partial charge in [-0.05, 0) is 24.6 Å². The number of aromatic carboxylic acids is 1. The molecule has 0 aliphatic rings. The molecule has 1 aromatic rings. The quantitative estimate of drug-likeness (QED) is 0.690. The minimum atomic E-state index is -1.26. The van der Waals surface area contributed by atoms with Gasteiger partial charge in [-0.2, -0.15) is 0 Å². The summed E-state index contributed by atoms with van der Waals surface area (Å²) in [6.45, 7) is 3.44. The van der Waals surface area contributed by atoms with Gasteiger partial charge in [-0.1, -0.05) is 6.08 Å². The Kier molecular flexibility index (Phi) is 4.56. The number of halogens is 1. The smallest absolute Gasteiger partial charge is 0.337 e. The molecule has 0 spiro atoms. The highest BCUT2D eigenvalue weighted by atomic mass is 19.1. The normalized spacial score (nSPS) is 11.7. The number of nitrogens with one attached hydrogen (secondary N) is 1. The second-order valence-corrected chi connectivity index (χ2v) is 3.62. The van der Waals surface area contributed by atoms with Crippen molar-refractivity contribution in [2.75, 3.05) is 5.32 Å². The van der Waals surface area contributed by atoms with Crippen molar-refractivity contribution in [3.05, 3.63) is 42.2 Å². The third-order valence-corrected chi connectivity index (χ3v) is 2.23. The number of carboxylic acid groups (broad SMARTS) is 1. The lowest BCUT2D eigenvalue weighted by Crippen LogP contribution is -2.35. The lowest BCUT2D eigenvalue weighted by Gasteiger charge is -2.12. The zero-order chi connectivity index (χ0) is 13.7. The molecule has 6 heteroatoms. The largest absolute Gasteiger partial charge is 0.478 e. The number of nitrogens with two attached hydrogens (primary N) is 1. The van der Waals surface area contributed by atoms with Gasteiger partial charge in [0, 0.05) is 0 Å². The molecule has 0 aliphatic heterocycles. The van der Waals surface area contributed by atoms with Gasteiger partial charge in [-0.25, -0.2) is 9.18 Å². The summed E-state index contributed by atoms with van der Waals surface area (Å²) < 4.78 is 13.0. The highest BCUT2D eigenvalue weighted by Crippen LogP contribution is 2.17.